The summed E-state index contributed by atoms with van der Waals surface area (Å²) in [5.41, 5.74) is 0.0488. The summed E-state index contributed by atoms with van der Waals surface area (Å²) in [7, 11) is 0. The van der Waals surface area contributed by atoms with Crippen LogP contribution in [0, 0.1) is 0 Å². The first-order valence-electron chi connectivity index (χ1n) is 4.47. The molecule has 0 saturated heterocycles. The number of benzene rings is 1. The second-order valence-electron chi connectivity index (χ2n) is 3.24. The second kappa shape index (κ2) is 4.52. The summed E-state index contributed by atoms with van der Waals surface area (Å²) in [6.45, 7) is 1.43. The van der Waals surface area contributed by atoms with E-state index < -0.39 is 18.0 Å². The minimum absolute atomic E-state index is 0.275. The second-order valence-corrected chi connectivity index (χ2v) is 3.24. The smallest absolute Gasteiger partial charge is 0.339 e. The van der Waals surface area contributed by atoms with Crippen LogP contribution in [0.3, 0.4) is 0 Å². The van der Waals surface area contributed by atoms with Gasteiger partial charge in [0, 0.05) is 5.69 Å². The average molecular weight is 225 g/mol. The standard InChI is InChI=1S/C10H11NO5/c1-5(9(13)14)11-6-2-3-8(12)7(4-6)10(15)16/h2-5,11-12H,1H3,(H,13,14)(H,15,16)/t5-/m0/s1. The number of hydrogen-bond acceptors (Lipinski definition) is 4. The van der Waals surface area contributed by atoms with Gasteiger partial charge in [-0.15, -0.1) is 0 Å². The van der Waals surface area contributed by atoms with Crippen LogP contribution in [0.1, 0.15) is 17.3 Å². The van der Waals surface area contributed by atoms with E-state index in [2.05, 4.69) is 5.32 Å². The monoisotopic (exact) mass is 225 g/mol. The van der Waals surface area contributed by atoms with Gasteiger partial charge in [-0.3, -0.25) is 4.79 Å². The Bertz CT molecular complexity index is 429. The Morgan fingerprint density at radius 1 is 1.31 bits per heavy atom. The van der Waals surface area contributed by atoms with Crippen molar-refractivity contribution in [3.63, 3.8) is 0 Å². The molecule has 6 heteroatoms. The summed E-state index contributed by atoms with van der Waals surface area (Å²) < 4.78 is 0. The summed E-state index contributed by atoms with van der Waals surface area (Å²) >= 11 is 0. The summed E-state index contributed by atoms with van der Waals surface area (Å²) in [6, 6.07) is 2.93. The molecular weight excluding hydrogens is 214 g/mol. The van der Waals surface area contributed by atoms with Crippen LogP contribution in [0.25, 0.3) is 0 Å². The molecule has 0 bridgehead atoms. The maximum absolute atomic E-state index is 10.7. The van der Waals surface area contributed by atoms with Gasteiger partial charge >= 0.3 is 11.9 Å². The van der Waals surface area contributed by atoms with Crippen LogP contribution in [0.15, 0.2) is 18.2 Å². The van der Waals surface area contributed by atoms with Gasteiger partial charge in [0.25, 0.3) is 0 Å². The van der Waals surface area contributed by atoms with Crippen LogP contribution < -0.4 is 5.32 Å². The van der Waals surface area contributed by atoms with Gasteiger partial charge in [-0.1, -0.05) is 0 Å². The van der Waals surface area contributed by atoms with Gasteiger partial charge in [0.05, 0.1) is 0 Å². The van der Waals surface area contributed by atoms with Crippen molar-refractivity contribution in [1.29, 1.82) is 0 Å². The minimum atomic E-state index is -1.27. The van der Waals surface area contributed by atoms with Gasteiger partial charge in [0.1, 0.15) is 17.4 Å². The molecule has 0 aliphatic carbocycles. The van der Waals surface area contributed by atoms with Gasteiger partial charge in [0.15, 0.2) is 0 Å². The molecule has 0 aliphatic heterocycles. The molecule has 1 atom stereocenters. The number of anilines is 1. The van der Waals surface area contributed by atoms with Crippen molar-refractivity contribution in [3.8, 4) is 5.75 Å². The summed E-state index contributed by atoms with van der Waals surface area (Å²) in [6.07, 6.45) is 0. The number of phenols is 1. The van der Waals surface area contributed by atoms with Crippen molar-refractivity contribution in [2.24, 2.45) is 0 Å². The molecule has 1 rings (SSSR count). The van der Waals surface area contributed by atoms with E-state index in [-0.39, 0.29) is 11.3 Å². The Kier molecular flexibility index (Phi) is 3.34. The molecule has 4 N–H and O–H groups in total. The molecular formula is C10H11NO5. The van der Waals surface area contributed by atoms with Crippen molar-refractivity contribution in [2.75, 3.05) is 5.32 Å². The molecule has 0 spiro atoms. The highest BCUT2D eigenvalue weighted by atomic mass is 16.4. The maximum atomic E-state index is 10.7. The van der Waals surface area contributed by atoms with E-state index in [9.17, 15) is 14.7 Å². The number of carboxylic acids is 2. The Morgan fingerprint density at radius 2 is 1.94 bits per heavy atom. The topological polar surface area (TPSA) is 107 Å². The Labute approximate surface area is 91.1 Å². The fourth-order valence-corrected chi connectivity index (χ4v) is 1.11. The number of nitrogens with one attached hydrogen (secondary N) is 1. The Hall–Kier alpha value is -2.24. The highest BCUT2D eigenvalue weighted by Crippen LogP contribution is 2.21. The molecule has 0 saturated carbocycles. The zero-order valence-corrected chi connectivity index (χ0v) is 8.47. The molecule has 6 nitrogen and oxygen atoms in total. The molecule has 0 radical (unpaired) electrons. The third kappa shape index (κ3) is 2.63. The molecule has 0 fully saturated rings. The maximum Gasteiger partial charge on any atom is 0.339 e. The van der Waals surface area contributed by atoms with Crippen LogP contribution in [-0.2, 0) is 4.79 Å². The van der Waals surface area contributed by atoms with Gasteiger partial charge in [-0.25, -0.2) is 4.79 Å². The molecule has 86 valence electrons. The highest BCUT2D eigenvalue weighted by molar-refractivity contribution is 5.92. The lowest BCUT2D eigenvalue weighted by Gasteiger charge is -2.11. The first-order chi connectivity index (χ1) is 7.41. The van der Waals surface area contributed by atoms with Gasteiger partial charge in [-0.2, -0.15) is 0 Å². The predicted molar refractivity (Wildman–Crippen MR) is 55.8 cm³/mol. The van der Waals surface area contributed by atoms with E-state index in [0.717, 1.165) is 0 Å². The number of aromatic carboxylic acids is 1. The van der Waals surface area contributed by atoms with Gasteiger partial charge in [0.2, 0.25) is 0 Å². The molecule has 0 heterocycles. The third-order valence-corrected chi connectivity index (χ3v) is 1.98. The van der Waals surface area contributed by atoms with E-state index in [0.29, 0.717) is 5.69 Å². The average Bonchev–Trinajstić information content (AvgIpc) is 2.20. The third-order valence-electron chi connectivity index (χ3n) is 1.98. The van der Waals surface area contributed by atoms with Crippen molar-refractivity contribution >= 4 is 17.6 Å². The molecule has 0 unspecified atom stereocenters. The van der Waals surface area contributed by atoms with Gasteiger partial charge in [-0.05, 0) is 25.1 Å². The number of hydrogen-bond donors (Lipinski definition) is 4. The quantitative estimate of drug-likeness (QED) is 0.569. The van der Waals surface area contributed by atoms with E-state index in [4.69, 9.17) is 10.2 Å². The lowest BCUT2D eigenvalue weighted by atomic mass is 10.1. The SMILES string of the molecule is C[C@H](Nc1ccc(O)c(C(=O)O)c1)C(=O)O. The molecule has 0 aromatic heterocycles. The zero-order chi connectivity index (χ0) is 12.3. The first kappa shape index (κ1) is 11.8. The number of carboxylic acid groups (broad SMARTS) is 2. The molecule has 0 amide bonds. The first-order valence-corrected chi connectivity index (χ1v) is 4.47. The number of carbonyl (C=O) groups is 2. The van der Waals surface area contributed by atoms with Crippen molar-refractivity contribution in [3.05, 3.63) is 23.8 Å². The van der Waals surface area contributed by atoms with E-state index >= 15 is 0 Å². The number of rotatable bonds is 4. The Morgan fingerprint density at radius 3 is 2.44 bits per heavy atom. The van der Waals surface area contributed by atoms with E-state index in [1.807, 2.05) is 0 Å². The molecule has 0 aliphatic rings. The predicted octanol–water partition coefficient (Wildman–Crippen LogP) is 0.975. The molecule has 1 aromatic carbocycles. The fraction of sp³-hybridized carbons (Fsp3) is 0.200. The van der Waals surface area contributed by atoms with Crippen LogP contribution in [0.2, 0.25) is 0 Å². The van der Waals surface area contributed by atoms with Crippen LogP contribution >= 0.6 is 0 Å². The lowest BCUT2D eigenvalue weighted by molar-refractivity contribution is -0.137. The summed E-state index contributed by atoms with van der Waals surface area (Å²) in [5.74, 6) is -2.69. The fourth-order valence-electron chi connectivity index (χ4n) is 1.11. The largest absolute Gasteiger partial charge is 0.507 e. The van der Waals surface area contributed by atoms with Crippen LogP contribution in [0.4, 0.5) is 5.69 Å². The number of aliphatic carboxylic acids is 1. The summed E-state index contributed by atoms with van der Waals surface area (Å²) in [5, 5.41) is 29.2. The van der Waals surface area contributed by atoms with Crippen LogP contribution in [-0.4, -0.2) is 33.3 Å². The summed E-state index contributed by atoms with van der Waals surface area (Å²) in [4.78, 5) is 21.3. The highest BCUT2D eigenvalue weighted by Gasteiger charge is 2.13. The lowest BCUT2D eigenvalue weighted by Crippen LogP contribution is -2.25. The number of aromatic hydroxyl groups is 1. The van der Waals surface area contributed by atoms with Crippen molar-refractivity contribution < 1.29 is 24.9 Å². The minimum Gasteiger partial charge on any atom is -0.507 e. The van der Waals surface area contributed by atoms with E-state index in [1.165, 1.54) is 25.1 Å². The van der Waals surface area contributed by atoms with Crippen molar-refractivity contribution in [2.45, 2.75) is 13.0 Å². The molecule has 1 aromatic rings. The Balaban J connectivity index is 2.95. The normalized spacial score (nSPS) is 11.8. The van der Waals surface area contributed by atoms with Crippen molar-refractivity contribution in [1.82, 2.24) is 0 Å². The zero-order valence-electron chi connectivity index (χ0n) is 8.47. The van der Waals surface area contributed by atoms with Gasteiger partial charge < -0.3 is 20.6 Å². The van der Waals surface area contributed by atoms with Crippen LogP contribution in [0.5, 0.6) is 5.75 Å². The van der Waals surface area contributed by atoms with E-state index in [1.54, 1.807) is 0 Å². The molecule has 16 heavy (non-hydrogen) atoms.